The van der Waals surface area contributed by atoms with Crippen LogP contribution in [0.3, 0.4) is 0 Å². The summed E-state index contributed by atoms with van der Waals surface area (Å²) in [5.41, 5.74) is 1.10. The van der Waals surface area contributed by atoms with Gasteiger partial charge in [0.15, 0.2) is 0 Å². The Morgan fingerprint density at radius 2 is 2.08 bits per heavy atom. The van der Waals surface area contributed by atoms with Crippen LogP contribution in [0.25, 0.3) is 0 Å². The van der Waals surface area contributed by atoms with Crippen molar-refractivity contribution in [2.45, 2.75) is 26.4 Å². The molecule has 0 radical (unpaired) electrons. The van der Waals surface area contributed by atoms with Crippen LogP contribution < -0.4 is 5.32 Å². The van der Waals surface area contributed by atoms with Gasteiger partial charge in [0.25, 0.3) is 0 Å². The minimum absolute atomic E-state index is 0. The molecule has 1 aromatic rings. The number of hydrogen-bond acceptors (Lipinski definition) is 2. The normalized spacial score (nSPS) is 9.23. The molecule has 0 aliphatic heterocycles. The molecule has 1 rings (SSSR count). The lowest BCUT2D eigenvalue weighted by atomic mass is 10.4. The number of halogens is 2. The second-order valence-electron chi connectivity index (χ2n) is 2.91. The summed E-state index contributed by atoms with van der Waals surface area (Å²) in [6, 6.07) is 2.50. The van der Waals surface area contributed by atoms with Gasteiger partial charge in [-0.1, -0.05) is 0 Å². The zero-order valence-corrected chi connectivity index (χ0v) is 9.78. The van der Waals surface area contributed by atoms with E-state index in [9.17, 15) is 0 Å². The second kappa shape index (κ2) is 7.18. The fraction of sp³-hybridized carbons (Fsp3) is 0.625. The smallest absolute Gasteiger partial charge is 0.0762 e. The maximum atomic E-state index is 4.35. The highest BCUT2D eigenvalue weighted by atomic mass is 35.5. The lowest BCUT2D eigenvalue weighted by Gasteiger charge is -2.03. The fourth-order valence-corrected chi connectivity index (χ4v) is 0.940. The molecule has 0 spiro atoms. The van der Waals surface area contributed by atoms with Crippen LogP contribution in [0.5, 0.6) is 0 Å². The molecule has 1 aromatic heterocycles. The summed E-state index contributed by atoms with van der Waals surface area (Å²) in [4.78, 5) is 0. The van der Waals surface area contributed by atoms with E-state index >= 15 is 0 Å². The Balaban J connectivity index is 0. The first-order valence-electron chi connectivity index (χ1n) is 3.92. The Morgan fingerprint density at radius 1 is 1.46 bits per heavy atom. The van der Waals surface area contributed by atoms with Gasteiger partial charge in [-0.15, -0.1) is 24.8 Å². The highest BCUT2D eigenvalue weighted by molar-refractivity contribution is 5.85. The average molecular weight is 226 g/mol. The van der Waals surface area contributed by atoms with E-state index in [1.165, 1.54) is 0 Å². The number of nitrogens with zero attached hydrogens (tertiary/aromatic N) is 2. The van der Waals surface area contributed by atoms with Gasteiger partial charge in [0.05, 0.1) is 5.69 Å². The van der Waals surface area contributed by atoms with Crippen molar-refractivity contribution in [3.05, 3.63) is 18.0 Å². The molecule has 5 heteroatoms. The van der Waals surface area contributed by atoms with E-state index in [1.807, 2.05) is 24.0 Å². The minimum atomic E-state index is 0. The van der Waals surface area contributed by atoms with Gasteiger partial charge in [-0.3, -0.25) is 4.68 Å². The Kier molecular flexibility index (Phi) is 8.42. The molecule has 0 aliphatic carbocycles. The van der Waals surface area contributed by atoms with Gasteiger partial charge in [0.2, 0.25) is 0 Å². The van der Waals surface area contributed by atoms with Crippen molar-refractivity contribution in [3.8, 4) is 0 Å². The molecule has 1 N–H and O–H groups in total. The summed E-state index contributed by atoms with van der Waals surface area (Å²) in [6.45, 7) is 5.09. The van der Waals surface area contributed by atoms with E-state index in [0.717, 1.165) is 12.2 Å². The average Bonchev–Trinajstić information content (AvgIpc) is 2.37. The van der Waals surface area contributed by atoms with Crippen LogP contribution in [0, 0.1) is 0 Å². The minimum Gasteiger partial charge on any atom is -0.314 e. The van der Waals surface area contributed by atoms with Crippen LogP contribution in [0.4, 0.5) is 0 Å². The first kappa shape index (κ1) is 15.2. The van der Waals surface area contributed by atoms with E-state index in [4.69, 9.17) is 0 Å². The highest BCUT2D eigenvalue weighted by Crippen LogP contribution is 2.03. The molecule has 0 saturated heterocycles. The summed E-state index contributed by atoms with van der Waals surface area (Å²) < 4.78 is 1.96. The Hall–Kier alpha value is -0.250. The first-order valence-corrected chi connectivity index (χ1v) is 3.92. The molecule has 0 unspecified atom stereocenters. The third kappa shape index (κ3) is 4.50. The lowest BCUT2D eigenvalue weighted by Crippen LogP contribution is -2.07. The van der Waals surface area contributed by atoms with E-state index in [-0.39, 0.29) is 24.8 Å². The fourth-order valence-electron chi connectivity index (χ4n) is 0.940. The van der Waals surface area contributed by atoms with Gasteiger partial charge in [-0.05, 0) is 27.0 Å². The largest absolute Gasteiger partial charge is 0.314 e. The zero-order chi connectivity index (χ0) is 8.27. The zero-order valence-electron chi connectivity index (χ0n) is 8.15. The van der Waals surface area contributed by atoms with E-state index in [1.54, 1.807) is 0 Å². The molecule has 0 bridgehead atoms. The van der Waals surface area contributed by atoms with Gasteiger partial charge >= 0.3 is 0 Å². The molecular formula is C8H17Cl2N3. The van der Waals surface area contributed by atoms with Crippen LogP contribution in [-0.2, 0) is 6.54 Å². The van der Waals surface area contributed by atoms with E-state index < -0.39 is 0 Å². The summed E-state index contributed by atoms with van der Waals surface area (Å²) in [6.07, 6.45) is 2.01. The van der Waals surface area contributed by atoms with Crippen LogP contribution in [0.2, 0.25) is 0 Å². The van der Waals surface area contributed by atoms with Crippen molar-refractivity contribution < 1.29 is 0 Å². The van der Waals surface area contributed by atoms with E-state index in [2.05, 4.69) is 24.3 Å². The maximum absolute atomic E-state index is 4.35. The van der Waals surface area contributed by atoms with Crippen LogP contribution in [0.1, 0.15) is 25.6 Å². The standard InChI is InChI=1S/C8H15N3.2ClH/c1-7(2)11-5-4-8(10-11)6-9-3;;/h4-5,7,9H,6H2,1-3H3;2*1H. The number of nitrogens with one attached hydrogen (secondary N) is 1. The molecule has 1 heterocycles. The predicted molar refractivity (Wildman–Crippen MR) is 59.9 cm³/mol. The van der Waals surface area contributed by atoms with Crippen molar-refractivity contribution in [1.82, 2.24) is 15.1 Å². The van der Waals surface area contributed by atoms with Crippen LogP contribution in [0.15, 0.2) is 12.3 Å². The maximum Gasteiger partial charge on any atom is 0.0762 e. The van der Waals surface area contributed by atoms with Crippen molar-refractivity contribution in [1.29, 1.82) is 0 Å². The molecule has 0 aliphatic rings. The van der Waals surface area contributed by atoms with Crippen molar-refractivity contribution in [2.75, 3.05) is 7.05 Å². The second-order valence-corrected chi connectivity index (χ2v) is 2.91. The monoisotopic (exact) mass is 225 g/mol. The Labute approximate surface area is 91.7 Å². The van der Waals surface area contributed by atoms with Gasteiger partial charge in [-0.2, -0.15) is 5.10 Å². The molecule has 13 heavy (non-hydrogen) atoms. The quantitative estimate of drug-likeness (QED) is 0.854. The summed E-state index contributed by atoms with van der Waals surface area (Å²) in [5.74, 6) is 0. The number of aromatic nitrogens is 2. The third-order valence-electron chi connectivity index (χ3n) is 1.55. The molecule has 0 atom stereocenters. The number of rotatable bonds is 3. The van der Waals surface area contributed by atoms with Crippen molar-refractivity contribution in [3.63, 3.8) is 0 Å². The Morgan fingerprint density at radius 3 is 2.46 bits per heavy atom. The molecule has 78 valence electrons. The summed E-state index contributed by atoms with van der Waals surface area (Å²) in [7, 11) is 1.92. The molecule has 0 amide bonds. The van der Waals surface area contributed by atoms with Crippen molar-refractivity contribution >= 4 is 24.8 Å². The number of hydrogen-bond donors (Lipinski definition) is 1. The van der Waals surface area contributed by atoms with Gasteiger partial charge < -0.3 is 5.32 Å². The molecule has 3 nitrogen and oxygen atoms in total. The van der Waals surface area contributed by atoms with Crippen molar-refractivity contribution in [2.24, 2.45) is 0 Å². The SMILES string of the molecule is CNCc1ccn(C(C)C)n1.Cl.Cl. The van der Waals surface area contributed by atoms with Gasteiger partial charge in [0.1, 0.15) is 0 Å². The van der Waals surface area contributed by atoms with Gasteiger partial charge in [0, 0.05) is 18.8 Å². The predicted octanol–water partition coefficient (Wildman–Crippen LogP) is 2.03. The third-order valence-corrected chi connectivity index (χ3v) is 1.55. The molecule has 0 saturated carbocycles. The summed E-state index contributed by atoms with van der Waals surface area (Å²) in [5, 5.41) is 7.41. The Bertz CT molecular complexity index is 223. The molecular weight excluding hydrogens is 209 g/mol. The topological polar surface area (TPSA) is 29.9 Å². The first-order chi connectivity index (χ1) is 5.24. The van der Waals surface area contributed by atoms with E-state index in [0.29, 0.717) is 6.04 Å². The summed E-state index contributed by atoms with van der Waals surface area (Å²) >= 11 is 0. The van der Waals surface area contributed by atoms with Gasteiger partial charge in [-0.25, -0.2) is 0 Å². The lowest BCUT2D eigenvalue weighted by molar-refractivity contribution is 0.524. The molecule has 0 aromatic carbocycles. The molecule has 0 fully saturated rings. The van der Waals surface area contributed by atoms with Crippen LogP contribution >= 0.6 is 24.8 Å². The van der Waals surface area contributed by atoms with Crippen LogP contribution in [-0.4, -0.2) is 16.8 Å². The highest BCUT2D eigenvalue weighted by Gasteiger charge is 1.99.